The molecule has 110 valence electrons. The van der Waals surface area contributed by atoms with Crippen molar-refractivity contribution in [2.24, 2.45) is 0 Å². The number of hydrogen-bond donors (Lipinski definition) is 0. The van der Waals surface area contributed by atoms with Gasteiger partial charge in [-0.05, 0) is 0 Å². The predicted molar refractivity (Wildman–Crippen MR) is 83.9 cm³/mol. The maximum atomic E-state index is 11.6. The average Bonchev–Trinajstić information content (AvgIpc) is 2.32. The first-order valence-electron chi connectivity index (χ1n) is 7.61. The molecule has 0 radical (unpaired) electrons. The van der Waals surface area contributed by atoms with Crippen molar-refractivity contribution in [3.63, 3.8) is 0 Å². The molecule has 0 amide bonds. The molecule has 18 heavy (non-hydrogen) atoms. The molecule has 0 rings (SSSR count). The van der Waals surface area contributed by atoms with Gasteiger partial charge < -0.3 is 0 Å². The summed E-state index contributed by atoms with van der Waals surface area (Å²) in [5.41, 5.74) is 0. The first-order chi connectivity index (χ1) is 8.40. The third kappa shape index (κ3) is 6.18. The van der Waals surface area contributed by atoms with Crippen LogP contribution in [0.15, 0.2) is 0 Å². The minimum absolute atomic E-state index is 0.0709. The van der Waals surface area contributed by atoms with Crippen LogP contribution in [0, 0.1) is 0 Å². The van der Waals surface area contributed by atoms with Crippen LogP contribution in [-0.2, 0) is 9.32 Å². The molecule has 2 nitrogen and oxygen atoms in total. The van der Waals surface area contributed by atoms with Gasteiger partial charge in [-0.1, -0.05) is 0 Å². The molecule has 0 heterocycles. The van der Waals surface area contributed by atoms with Crippen LogP contribution >= 0.6 is 6.83 Å². The number of rotatable bonds is 10. The van der Waals surface area contributed by atoms with Crippen molar-refractivity contribution < 1.29 is 9.32 Å². The van der Waals surface area contributed by atoms with E-state index >= 15 is 0 Å². The zero-order valence-electron chi connectivity index (χ0n) is 13.1. The zero-order chi connectivity index (χ0) is 14.1. The van der Waals surface area contributed by atoms with Gasteiger partial charge >= 0.3 is 113 Å². The van der Waals surface area contributed by atoms with E-state index in [1.54, 1.807) is 6.92 Å². The van der Waals surface area contributed by atoms with Crippen molar-refractivity contribution >= 4 is 12.8 Å². The fourth-order valence-corrected chi connectivity index (χ4v) is 8.06. The van der Waals surface area contributed by atoms with Crippen molar-refractivity contribution in [1.29, 1.82) is 0 Å². The standard InChI is InChI=1S/C15H33O2P/c1-6-9-12-18(5,13-10-7-2,14-11-8-3)17-15(4)16/h6-14H2,1-5H3. The van der Waals surface area contributed by atoms with Crippen LogP contribution in [0.1, 0.15) is 66.2 Å². The summed E-state index contributed by atoms with van der Waals surface area (Å²) in [6.45, 7) is 8.29. The Morgan fingerprint density at radius 3 is 1.44 bits per heavy atom. The van der Waals surface area contributed by atoms with Crippen molar-refractivity contribution in [3.05, 3.63) is 0 Å². The van der Waals surface area contributed by atoms with Gasteiger partial charge in [0.1, 0.15) is 0 Å². The van der Waals surface area contributed by atoms with Crippen LogP contribution in [0.4, 0.5) is 0 Å². The van der Waals surface area contributed by atoms with Crippen LogP contribution in [0.25, 0.3) is 0 Å². The molecule has 0 aromatic heterocycles. The molecule has 0 spiro atoms. The van der Waals surface area contributed by atoms with Crippen LogP contribution in [0.5, 0.6) is 0 Å². The van der Waals surface area contributed by atoms with Gasteiger partial charge in [0, 0.05) is 0 Å². The molecule has 0 unspecified atom stereocenters. The predicted octanol–water partition coefficient (Wildman–Crippen LogP) is 5.05. The van der Waals surface area contributed by atoms with Gasteiger partial charge in [0.2, 0.25) is 0 Å². The molecule has 0 bridgehead atoms. The Morgan fingerprint density at radius 1 is 0.889 bits per heavy atom. The van der Waals surface area contributed by atoms with E-state index < -0.39 is 6.83 Å². The zero-order valence-corrected chi connectivity index (χ0v) is 14.0. The van der Waals surface area contributed by atoms with E-state index in [0.717, 1.165) is 18.5 Å². The van der Waals surface area contributed by atoms with Crippen molar-refractivity contribution in [1.82, 2.24) is 0 Å². The summed E-state index contributed by atoms with van der Waals surface area (Å²) in [4.78, 5) is 11.6. The van der Waals surface area contributed by atoms with Crippen molar-refractivity contribution in [3.8, 4) is 0 Å². The summed E-state index contributed by atoms with van der Waals surface area (Å²) in [6, 6.07) is 0. The maximum absolute atomic E-state index is 11.6. The van der Waals surface area contributed by atoms with Gasteiger partial charge in [-0.15, -0.1) is 0 Å². The Labute approximate surface area is 114 Å². The molecule has 0 saturated heterocycles. The Kier molecular flexibility index (Phi) is 8.10. The first kappa shape index (κ1) is 17.9. The summed E-state index contributed by atoms with van der Waals surface area (Å²) in [7, 11) is 0. The fourth-order valence-electron chi connectivity index (χ4n) is 2.69. The quantitative estimate of drug-likeness (QED) is 0.522. The summed E-state index contributed by atoms with van der Waals surface area (Å²) < 4.78 is 6.02. The van der Waals surface area contributed by atoms with Gasteiger partial charge in [-0.2, -0.15) is 0 Å². The van der Waals surface area contributed by atoms with E-state index in [2.05, 4.69) is 27.4 Å². The molecule has 0 saturated carbocycles. The normalized spacial score (nSPS) is 13.9. The Hall–Kier alpha value is -0.100. The van der Waals surface area contributed by atoms with Gasteiger partial charge in [0.25, 0.3) is 0 Å². The Balaban J connectivity index is 5.00. The second-order valence-electron chi connectivity index (χ2n) is 6.00. The first-order valence-corrected chi connectivity index (χ1v) is 10.8. The van der Waals surface area contributed by atoms with Gasteiger partial charge in [-0.3, -0.25) is 0 Å². The second-order valence-corrected chi connectivity index (χ2v) is 11.9. The van der Waals surface area contributed by atoms with E-state index in [9.17, 15) is 4.79 Å². The van der Waals surface area contributed by atoms with Gasteiger partial charge in [0.15, 0.2) is 0 Å². The molecule has 0 fully saturated rings. The number of hydrogen-bond acceptors (Lipinski definition) is 2. The molecule has 0 atom stereocenters. The molecular weight excluding hydrogens is 243 g/mol. The van der Waals surface area contributed by atoms with Crippen LogP contribution < -0.4 is 0 Å². The third-order valence-corrected chi connectivity index (χ3v) is 9.40. The molecule has 0 aliphatic heterocycles. The van der Waals surface area contributed by atoms with Crippen LogP contribution in [-0.4, -0.2) is 31.1 Å². The number of carbonyl (C=O) groups excluding carboxylic acids is 1. The molecular formula is C15H33O2P. The van der Waals surface area contributed by atoms with Crippen LogP contribution in [0.2, 0.25) is 0 Å². The van der Waals surface area contributed by atoms with Crippen molar-refractivity contribution in [2.45, 2.75) is 66.2 Å². The topological polar surface area (TPSA) is 26.3 Å². The minimum atomic E-state index is -2.25. The van der Waals surface area contributed by atoms with E-state index in [4.69, 9.17) is 4.52 Å². The van der Waals surface area contributed by atoms with Crippen LogP contribution in [0.3, 0.4) is 0 Å². The summed E-state index contributed by atoms with van der Waals surface area (Å²) in [5, 5.41) is 0. The third-order valence-electron chi connectivity index (χ3n) is 3.84. The second kappa shape index (κ2) is 8.15. The molecule has 0 aliphatic carbocycles. The van der Waals surface area contributed by atoms with E-state index in [-0.39, 0.29) is 5.97 Å². The van der Waals surface area contributed by atoms with Gasteiger partial charge in [0.05, 0.1) is 0 Å². The summed E-state index contributed by atoms with van der Waals surface area (Å²) in [5.74, 6) is -0.0709. The van der Waals surface area contributed by atoms with E-state index in [1.807, 2.05) is 0 Å². The monoisotopic (exact) mass is 276 g/mol. The fraction of sp³-hybridized carbons (Fsp3) is 0.933. The Bertz CT molecular complexity index is 226. The van der Waals surface area contributed by atoms with E-state index in [1.165, 1.54) is 38.5 Å². The molecule has 3 heteroatoms. The summed E-state index contributed by atoms with van der Waals surface area (Å²) in [6.07, 6.45) is 10.5. The molecule has 0 aliphatic rings. The number of unbranched alkanes of at least 4 members (excludes halogenated alkanes) is 3. The molecule has 0 aromatic rings. The van der Waals surface area contributed by atoms with Gasteiger partial charge in [-0.25, -0.2) is 0 Å². The Morgan fingerprint density at radius 2 is 1.22 bits per heavy atom. The van der Waals surface area contributed by atoms with E-state index in [0.29, 0.717) is 0 Å². The molecule has 0 N–H and O–H groups in total. The SMILES string of the molecule is CCCCP(C)(CCCC)(CCCC)OC(C)=O. The average molecular weight is 276 g/mol. The number of carbonyl (C=O) groups is 1. The summed E-state index contributed by atoms with van der Waals surface area (Å²) >= 11 is 0. The van der Waals surface area contributed by atoms with Crippen molar-refractivity contribution in [2.75, 3.05) is 25.2 Å². The molecule has 0 aromatic carbocycles.